The highest BCUT2D eigenvalue weighted by molar-refractivity contribution is 7.13. The van der Waals surface area contributed by atoms with Crippen LogP contribution in [-0.2, 0) is 0 Å². The number of nitrogens with zero attached hydrogens (tertiary/aromatic N) is 1. The molecule has 0 fully saturated rings. The second kappa shape index (κ2) is 6.00. The minimum Gasteiger partial charge on any atom is -0.375 e. The van der Waals surface area contributed by atoms with Crippen molar-refractivity contribution >= 4 is 22.4 Å². The fourth-order valence-electron chi connectivity index (χ4n) is 1.91. The van der Waals surface area contributed by atoms with Gasteiger partial charge in [0.15, 0.2) is 5.13 Å². The Balaban J connectivity index is 2.17. The average Bonchev–Trinajstić information content (AvgIpc) is 2.83. The molecule has 0 saturated carbocycles. The second-order valence-corrected chi connectivity index (χ2v) is 5.71. The van der Waals surface area contributed by atoms with Crippen molar-refractivity contribution in [2.24, 2.45) is 5.92 Å². The van der Waals surface area contributed by atoms with Crippen LogP contribution in [0.3, 0.4) is 0 Å². The van der Waals surface area contributed by atoms with Crippen molar-refractivity contribution in [2.45, 2.75) is 19.9 Å². The summed E-state index contributed by atoms with van der Waals surface area (Å²) in [7, 11) is 0. The van der Waals surface area contributed by atoms with Gasteiger partial charge in [0.1, 0.15) is 11.5 Å². The normalized spacial score (nSPS) is 12.4. The summed E-state index contributed by atoms with van der Waals surface area (Å²) >= 11 is 1.22. The van der Waals surface area contributed by atoms with Crippen molar-refractivity contribution in [3.8, 4) is 0 Å². The highest BCUT2D eigenvalue weighted by Gasteiger charge is 2.20. The van der Waals surface area contributed by atoms with Crippen LogP contribution in [0.1, 0.15) is 35.9 Å². The van der Waals surface area contributed by atoms with Gasteiger partial charge in [0.2, 0.25) is 0 Å². The molecule has 0 aliphatic carbocycles. The van der Waals surface area contributed by atoms with Gasteiger partial charge in [0, 0.05) is 5.38 Å². The first-order valence-corrected chi connectivity index (χ1v) is 7.12. The zero-order chi connectivity index (χ0) is 14.7. The Labute approximate surface area is 120 Å². The van der Waals surface area contributed by atoms with Crippen LogP contribution in [0.2, 0.25) is 0 Å². The van der Waals surface area contributed by atoms with Crippen molar-refractivity contribution in [1.29, 1.82) is 0 Å². The molecule has 2 rings (SSSR count). The number of hydrogen-bond acceptors (Lipinski definition) is 4. The number of halogens is 1. The molecular weight excluding hydrogens is 277 g/mol. The third-order valence-electron chi connectivity index (χ3n) is 2.94. The van der Waals surface area contributed by atoms with Gasteiger partial charge in [-0.2, -0.15) is 0 Å². The van der Waals surface area contributed by atoms with Gasteiger partial charge in [0.25, 0.3) is 5.91 Å². The van der Waals surface area contributed by atoms with Gasteiger partial charge in [0.05, 0.1) is 6.04 Å². The van der Waals surface area contributed by atoms with Gasteiger partial charge in [-0.3, -0.25) is 4.79 Å². The van der Waals surface area contributed by atoms with Crippen LogP contribution >= 0.6 is 11.3 Å². The topological polar surface area (TPSA) is 68.0 Å². The monoisotopic (exact) mass is 293 g/mol. The number of thiazole rings is 1. The number of nitrogens with one attached hydrogen (secondary N) is 1. The molecular formula is C14H16FN3OS. The smallest absolute Gasteiger partial charge is 0.271 e. The van der Waals surface area contributed by atoms with Gasteiger partial charge < -0.3 is 11.1 Å². The third kappa shape index (κ3) is 3.33. The number of nitrogens with two attached hydrogens (primary N) is 1. The fraction of sp³-hybridized carbons (Fsp3) is 0.286. The minimum atomic E-state index is -0.296. The highest BCUT2D eigenvalue weighted by atomic mass is 32.1. The summed E-state index contributed by atoms with van der Waals surface area (Å²) in [5, 5.41) is 4.89. The lowest BCUT2D eigenvalue weighted by Crippen LogP contribution is -2.32. The summed E-state index contributed by atoms with van der Waals surface area (Å²) in [6.07, 6.45) is 0. The van der Waals surface area contributed by atoms with Crippen LogP contribution in [-0.4, -0.2) is 10.9 Å². The second-order valence-electron chi connectivity index (χ2n) is 4.82. The van der Waals surface area contributed by atoms with E-state index in [2.05, 4.69) is 10.3 Å². The average molecular weight is 293 g/mol. The van der Waals surface area contributed by atoms with Crippen molar-refractivity contribution in [1.82, 2.24) is 10.3 Å². The predicted octanol–water partition coefficient (Wildman–Crippen LogP) is 2.99. The number of amides is 1. The van der Waals surface area contributed by atoms with Crippen LogP contribution in [0.4, 0.5) is 9.52 Å². The number of hydrogen-bond donors (Lipinski definition) is 2. The zero-order valence-electron chi connectivity index (χ0n) is 11.3. The number of anilines is 1. The first kappa shape index (κ1) is 14.5. The van der Waals surface area contributed by atoms with E-state index in [9.17, 15) is 9.18 Å². The van der Waals surface area contributed by atoms with Crippen molar-refractivity contribution in [2.75, 3.05) is 5.73 Å². The summed E-state index contributed by atoms with van der Waals surface area (Å²) in [4.78, 5) is 16.1. The van der Waals surface area contributed by atoms with Crippen LogP contribution in [0, 0.1) is 11.7 Å². The van der Waals surface area contributed by atoms with E-state index in [1.165, 1.54) is 23.5 Å². The quantitative estimate of drug-likeness (QED) is 0.910. The molecule has 6 heteroatoms. The molecule has 1 aromatic carbocycles. The van der Waals surface area contributed by atoms with E-state index in [1.54, 1.807) is 17.5 Å². The lowest BCUT2D eigenvalue weighted by molar-refractivity contribution is 0.0921. The maximum absolute atomic E-state index is 13.0. The molecule has 1 aromatic heterocycles. The first-order chi connectivity index (χ1) is 9.47. The van der Waals surface area contributed by atoms with E-state index in [1.807, 2.05) is 13.8 Å². The van der Waals surface area contributed by atoms with E-state index in [0.717, 1.165) is 5.56 Å². The van der Waals surface area contributed by atoms with Crippen LogP contribution in [0.5, 0.6) is 0 Å². The van der Waals surface area contributed by atoms with Crippen molar-refractivity contribution < 1.29 is 9.18 Å². The molecule has 1 heterocycles. The number of carbonyl (C=O) groups is 1. The lowest BCUT2D eigenvalue weighted by Gasteiger charge is -2.22. The van der Waals surface area contributed by atoms with Gasteiger partial charge in [-0.05, 0) is 23.6 Å². The first-order valence-electron chi connectivity index (χ1n) is 6.24. The number of carbonyl (C=O) groups excluding carboxylic acids is 1. The molecule has 4 nitrogen and oxygen atoms in total. The number of nitrogen functional groups attached to an aromatic ring is 1. The Bertz CT molecular complexity index is 595. The van der Waals surface area contributed by atoms with Crippen LogP contribution in [0.15, 0.2) is 29.6 Å². The van der Waals surface area contributed by atoms with Crippen LogP contribution in [0.25, 0.3) is 0 Å². The van der Waals surface area contributed by atoms with Crippen molar-refractivity contribution in [3.63, 3.8) is 0 Å². The van der Waals surface area contributed by atoms with Gasteiger partial charge in [-0.25, -0.2) is 9.37 Å². The summed E-state index contributed by atoms with van der Waals surface area (Å²) < 4.78 is 13.0. The molecule has 0 bridgehead atoms. The number of rotatable bonds is 4. The highest BCUT2D eigenvalue weighted by Crippen LogP contribution is 2.23. The minimum absolute atomic E-state index is 0.167. The Morgan fingerprint density at radius 1 is 1.35 bits per heavy atom. The molecule has 1 atom stereocenters. The Morgan fingerprint density at radius 3 is 2.50 bits per heavy atom. The van der Waals surface area contributed by atoms with Crippen molar-refractivity contribution in [3.05, 3.63) is 46.7 Å². The number of benzene rings is 1. The molecule has 0 aliphatic heterocycles. The molecule has 3 N–H and O–H groups in total. The molecule has 0 radical (unpaired) electrons. The number of aromatic nitrogens is 1. The largest absolute Gasteiger partial charge is 0.375 e. The zero-order valence-corrected chi connectivity index (χ0v) is 12.1. The molecule has 2 aromatic rings. The van der Waals surface area contributed by atoms with E-state index in [0.29, 0.717) is 10.8 Å². The molecule has 0 spiro atoms. The van der Waals surface area contributed by atoms with Crippen LogP contribution < -0.4 is 11.1 Å². The third-order valence-corrected chi connectivity index (χ3v) is 3.61. The molecule has 20 heavy (non-hydrogen) atoms. The Hall–Kier alpha value is -1.95. The maximum Gasteiger partial charge on any atom is 0.271 e. The molecule has 0 saturated heterocycles. The lowest BCUT2D eigenvalue weighted by atomic mass is 9.96. The van der Waals surface area contributed by atoms with E-state index in [-0.39, 0.29) is 23.7 Å². The maximum atomic E-state index is 13.0. The Morgan fingerprint density at radius 2 is 2.00 bits per heavy atom. The van der Waals surface area contributed by atoms with Gasteiger partial charge >= 0.3 is 0 Å². The van der Waals surface area contributed by atoms with E-state index in [4.69, 9.17) is 5.73 Å². The molecule has 1 unspecified atom stereocenters. The molecule has 1 amide bonds. The van der Waals surface area contributed by atoms with E-state index >= 15 is 0 Å². The Kier molecular flexibility index (Phi) is 4.34. The summed E-state index contributed by atoms with van der Waals surface area (Å²) in [6.45, 7) is 3.98. The summed E-state index contributed by atoms with van der Waals surface area (Å²) in [5.41, 5.74) is 6.69. The molecule has 0 aliphatic rings. The van der Waals surface area contributed by atoms with Gasteiger partial charge in [-0.15, -0.1) is 11.3 Å². The fourth-order valence-corrected chi connectivity index (χ4v) is 2.46. The van der Waals surface area contributed by atoms with E-state index < -0.39 is 0 Å². The molecule has 106 valence electrons. The predicted molar refractivity (Wildman–Crippen MR) is 78.0 cm³/mol. The summed E-state index contributed by atoms with van der Waals surface area (Å²) in [6, 6.07) is 5.92. The summed E-state index contributed by atoms with van der Waals surface area (Å²) in [5.74, 6) is -0.406. The van der Waals surface area contributed by atoms with Gasteiger partial charge in [-0.1, -0.05) is 26.0 Å². The standard InChI is InChI=1S/C14H16FN3OS/c1-8(2)12(9-3-5-10(15)6-4-9)18-13(19)11-7-20-14(16)17-11/h3-8,12H,1-2H3,(H2,16,17)(H,18,19). The SMILES string of the molecule is CC(C)C(NC(=O)c1csc(N)n1)c1ccc(F)cc1.